The molecule has 72 valence electrons. The van der Waals surface area contributed by atoms with Crippen LogP contribution in [0.4, 0.5) is 5.13 Å². The highest BCUT2D eigenvalue weighted by atomic mass is 32.1. The van der Waals surface area contributed by atoms with Crippen LogP contribution in [0.25, 0.3) is 0 Å². The molecule has 13 heavy (non-hydrogen) atoms. The van der Waals surface area contributed by atoms with E-state index in [1.54, 1.807) is 0 Å². The van der Waals surface area contributed by atoms with E-state index in [1.165, 1.54) is 0 Å². The van der Waals surface area contributed by atoms with Crippen molar-refractivity contribution >= 4 is 35.1 Å². The van der Waals surface area contributed by atoms with Gasteiger partial charge >= 0.3 is 11.2 Å². The predicted octanol–water partition coefficient (Wildman–Crippen LogP) is 0.736. The van der Waals surface area contributed by atoms with E-state index in [-0.39, 0.29) is 16.3 Å². The van der Waals surface area contributed by atoms with Gasteiger partial charge in [0.2, 0.25) is 5.13 Å². The first-order valence-corrected chi connectivity index (χ1v) is 5.08. The smallest absolute Gasteiger partial charge is 0.313 e. The summed E-state index contributed by atoms with van der Waals surface area (Å²) in [5.41, 5.74) is 5.30. The van der Waals surface area contributed by atoms with Gasteiger partial charge in [0.05, 0.1) is 0 Å². The topological polar surface area (TPSA) is 78.1 Å². The normalized spacial score (nSPS) is 9.92. The summed E-state index contributed by atoms with van der Waals surface area (Å²) in [4.78, 5) is 11.0. The summed E-state index contributed by atoms with van der Waals surface area (Å²) in [6.07, 6.45) is 1.03. The Bertz CT molecular complexity index is 289. The van der Waals surface area contributed by atoms with Gasteiger partial charge in [-0.2, -0.15) is 12.6 Å². The molecule has 0 aromatic carbocycles. The number of esters is 1. The average Bonchev–Trinajstić information content (AvgIpc) is 2.48. The molecule has 0 saturated carbocycles. The first-order valence-electron chi connectivity index (χ1n) is 3.63. The Hall–Kier alpha value is -0.820. The zero-order valence-electron chi connectivity index (χ0n) is 6.77. The third-order valence-electron chi connectivity index (χ3n) is 1.16. The van der Waals surface area contributed by atoms with E-state index in [9.17, 15) is 4.79 Å². The van der Waals surface area contributed by atoms with E-state index >= 15 is 0 Å². The molecule has 0 aliphatic carbocycles. The van der Waals surface area contributed by atoms with E-state index in [4.69, 9.17) is 10.5 Å². The Morgan fingerprint density at radius 3 is 2.92 bits per heavy atom. The molecule has 1 rings (SSSR count). The lowest BCUT2D eigenvalue weighted by molar-refractivity contribution is -0.134. The van der Waals surface area contributed by atoms with Gasteiger partial charge < -0.3 is 10.5 Å². The van der Waals surface area contributed by atoms with Crippen molar-refractivity contribution in [1.29, 1.82) is 0 Å². The molecule has 0 atom stereocenters. The van der Waals surface area contributed by atoms with Crippen molar-refractivity contribution in [3.63, 3.8) is 0 Å². The Morgan fingerprint density at radius 1 is 1.62 bits per heavy atom. The summed E-state index contributed by atoms with van der Waals surface area (Å²) < 4.78 is 4.83. The number of aromatic nitrogens is 2. The van der Waals surface area contributed by atoms with Gasteiger partial charge in [0, 0.05) is 6.42 Å². The number of hydrogen-bond donors (Lipinski definition) is 2. The maximum absolute atomic E-state index is 11.0. The number of nitrogens with two attached hydrogens (primary N) is 1. The zero-order chi connectivity index (χ0) is 9.68. The average molecular weight is 219 g/mol. The molecule has 0 spiro atoms. The van der Waals surface area contributed by atoms with Crippen LogP contribution >= 0.6 is 24.0 Å². The fourth-order valence-corrected chi connectivity index (χ4v) is 1.27. The monoisotopic (exact) mass is 219 g/mol. The lowest BCUT2D eigenvalue weighted by Crippen LogP contribution is -2.07. The molecular weight excluding hydrogens is 210 g/mol. The van der Waals surface area contributed by atoms with Crippen LogP contribution in [0.2, 0.25) is 0 Å². The molecular formula is C6H9N3O2S2. The number of thiol groups is 1. The third-order valence-corrected chi connectivity index (χ3v) is 2.11. The van der Waals surface area contributed by atoms with E-state index in [1.807, 2.05) is 0 Å². The van der Waals surface area contributed by atoms with Crippen LogP contribution in [0.1, 0.15) is 12.8 Å². The van der Waals surface area contributed by atoms with Crippen molar-refractivity contribution in [2.75, 3.05) is 11.5 Å². The van der Waals surface area contributed by atoms with Crippen LogP contribution in [0, 0.1) is 0 Å². The van der Waals surface area contributed by atoms with Crippen LogP contribution in [-0.2, 0) is 4.79 Å². The quantitative estimate of drug-likeness (QED) is 0.576. The van der Waals surface area contributed by atoms with Gasteiger partial charge in [-0.1, -0.05) is 5.10 Å². The summed E-state index contributed by atoms with van der Waals surface area (Å²) in [7, 11) is 0. The number of carbonyl (C=O) groups is 1. The van der Waals surface area contributed by atoms with E-state index in [0.29, 0.717) is 18.6 Å². The number of nitrogens with zero attached hydrogens (tertiary/aromatic N) is 2. The van der Waals surface area contributed by atoms with E-state index in [0.717, 1.165) is 11.3 Å². The Morgan fingerprint density at radius 2 is 2.38 bits per heavy atom. The number of rotatable bonds is 4. The Labute approximate surface area is 84.7 Å². The summed E-state index contributed by atoms with van der Waals surface area (Å²) in [6.45, 7) is 0. The molecule has 1 aromatic rings. The van der Waals surface area contributed by atoms with Gasteiger partial charge in [-0.05, 0) is 23.5 Å². The van der Waals surface area contributed by atoms with Gasteiger partial charge in [0.15, 0.2) is 0 Å². The number of anilines is 1. The van der Waals surface area contributed by atoms with Crippen LogP contribution in [0.3, 0.4) is 0 Å². The highest BCUT2D eigenvalue weighted by Crippen LogP contribution is 2.19. The molecule has 0 aliphatic heterocycles. The van der Waals surface area contributed by atoms with Crippen molar-refractivity contribution in [3.05, 3.63) is 0 Å². The minimum atomic E-state index is -0.329. The molecule has 0 saturated heterocycles. The van der Waals surface area contributed by atoms with Crippen LogP contribution in [0.15, 0.2) is 0 Å². The number of hydrogen-bond acceptors (Lipinski definition) is 7. The predicted molar refractivity (Wildman–Crippen MR) is 53.0 cm³/mol. The van der Waals surface area contributed by atoms with Crippen LogP contribution < -0.4 is 10.5 Å². The molecule has 0 aliphatic rings. The molecule has 2 N–H and O–H groups in total. The third kappa shape index (κ3) is 3.60. The van der Waals surface area contributed by atoms with Crippen molar-refractivity contribution in [3.8, 4) is 5.19 Å². The molecule has 0 radical (unpaired) electrons. The maximum atomic E-state index is 11.0. The van der Waals surface area contributed by atoms with Crippen molar-refractivity contribution in [2.45, 2.75) is 12.8 Å². The highest BCUT2D eigenvalue weighted by Gasteiger charge is 2.07. The molecule has 0 bridgehead atoms. The minimum absolute atomic E-state index is 0.196. The van der Waals surface area contributed by atoms with Crippen LogP contribution in [0.5, 0.6) is 5.19 Å². The summed E-state index contributed by atoms with van der Waals surface area (Å²) in [6, 6.07) is 0. The zero-order valence-corrected chi connectivity index (χ0v) is 8.48. The first kappa shape index (κ1) is 10.3. The van der Waals surface area contributed by atoms with Gasteiger partial charge in [0.25, 0.3) is 0 Å². The summed E-state index contributed by atoms with van der Waals surface area (Å²) >= 11 is 5.02. The minimum Gasteiger partial charge on any atom is -0.397 e. The van der Waals surface area contributed by atoms with E-state index in [2.05, 4.69) is 22.8 Å². The number of carbonyl (C=O) groups excluding carboxylic acids is 1. The van der Waals surface area contributed by atoms with Crippen LogP contribution in [-0.4, -0.2) is 21.9 Å². The SMILES string of the molecule is Nc1nnc(OC(=O)CCCS)s1. The molecule has 1 heterocycles. The molecule has 1 aromatic heterocycles. The van der Waals surface area contributed by atoms with Crippen molar-refractivity contribution < 1.29 is 9.53 Å². The molecule has 5 nitrogen and oxygen atoms in total. The highest BCUT2D eigenvalue weighted by molar-refractivity contribution is 7.80. The Balaban J connectivity index is 2.36. The fraction of sp³-hybridized carbons (Fsp3) is 0.500. The fourth-order valence-electron chi connectivity index (χ4n) is 0.633. The largest absolute Gasteiger partial charge is 0.397 e. The van der Waals surface area contributed by atoms with Crippen molar-refractivity contribution in [1.82, 2.24) is 10.2 Å². The Kier molecular flexibility index (Phi) is 3.97. The van der Waals surface area contributed by atoms with Gasteiger partial charge in [0.1, 0.15) is 0 Å². The van der Waals surface area contributed by atoms with Gasteiger partial charge in [-0.15, -0.1) is 5.10 Å². The van der Waals surface area contributed by atoms with Gasteiger partial charge in [-0.25, -0.2) is 0 Å². The number of ether oxygens (including phenoxy) is 1. The first-order chi connectivity index (χ1) is 6.22. The summed E-state index contributed by atoms with van der Waals surface area (Å²) in [5.74, 6) is 0.332. The molecule has 0 fully saturated rings. The van der Waals surface area contributed by atoms with Crippen molar-refractivity contribution in [2.24, 2.45) is 0 Å². The standard InChI is InChI=1S/C6H9N3O2S2/c7-5-8-9-6(13-5)11-4(10)2-1-3-12/h12H,1-3H2,(H2,7,8). The molecule has 0 unspecified atom stereocenters. The van der Waals surface area contributed by atoms with E-state index < -0.39 is 0 Å². The second-order valence-electron chi connectivity index (χ2n) is 2.21. The lowest BCUT2D eigenvalue weighted by atomic mass is 10.3. The second-order valence-corrected chi connectivity index (χ2v) is 3.63. The summed E-state index contributed by atoms with van der Waals surface area (Å²) in [5, 5.41) is 7.53. The second kappa shape index (κ2) is 5.03. The molecule has 0 amide bonds. The molecule has 7 heteroatoms. The maximum Gasteiger partial charge on any atom is 0.313 e. The van der Waals surface area contributed by atoms with Gasteiger partial charge in [-0.3, -0.25) is 4.79 Å². The number of nitrogen functional groups attached to an aromatic ring is 1. The lowest BCUT2D eigenvalue weighted by Gasteiger charge is -1.96.